The van der Waals surface area contributed by atoms with Crippen LogP contribution in [0.2, 0.25) is 0 Å². The van der Waals surface area contributed by atoms with E-state index < -0.39 is 29.4 Å². The first-order valence-corrected chi connectivity index (χ1v) is 5.91. The van der Waals surface area contributed by atoms with Crippen molar-refractivity contribution in [3.8, 4) is 0 Å². The molecule has 0 aliphatic rings. The van der Waals surface area contributed by atoms with Crippen molar-refractivity contribution < 1.29 is 25.8 Å². The van der Waals surface area contributed by atoms with Gasteiger partial charge in [0.1, 0.15) is 13.2 Å². The Bertz CT molecular complexity index is 452. The molecule has 0 saturated carbocycles. The van der Waals surface area contributed by atoms with Crippen LogP contribution in [0.25, 0.3) is 0 Å². The lowest BCUT2D eigenvalue weighted by molar-refractivity contribution is -0.143. The summed E-state index contributed by atoms with van der Waals surface area (Å²) in [7, 11) is -3.68. The first-order chi connectivity index (χ1) is 7.17. The standard InChI is InChI=1S/C7H9F3N2O3S/c1-16(13,14)15-4-6-2-3-11-12(6)5-7(8,9)10/h2-3H,4-5H2,1H3. The zero-order valence-electron chi connectivity index (χ0n) is 8.23. The van der Waals surface area contributed by atoms with Crippen molar-refractivity contribution in [3.05, 3.63) is 18.0 Å². The first-order valence-electron chi connectivity index (χ1n) is 4.09. The second-order valence-electron chi connectivity index (χ2n) is 3.06. The molecule has 1 rings (SSSR count). The summed E-state index contributed by atoms with van der Waals surface area (Å²) in [5, 5.41) is 3.42. The predicted molar refractivity (Wildman–Crippen MR) is 47.9 cm³/mol. The number of aromatic nitrogens is 2. The van der Waals surface area contributed by atoms with Crippen LogP contribution in [0.1, 0.15) is 5.69 Å². The second kappa shape index (κ2) is 4.42. The third-order valence-corrected chi connectivity index (χ3v) is 2.10. The van der Waals surface area contributed by atoms with E-state index in [1.165, 1.54) is 6.07 Å². The van der Waals surface area contributed by atoms with Crippen molar-refractivity contribution in [1.82, 2.24) is 9.78 Å². The topological polar surface area (TPSA) is 61.2 Å². The first kappa shape index (κ1) is 13.0. The average Bonchev–Trinajstić information content (AvgIpc) is 2.44. The van der Waals surface area contributed by atoms with Crippen molar-refractivity contribution in [2.75, 3.05) is 6.26 Å². The van der Waals surface area contributed by atoms with Crippen LogP contribution in [0.5, 0.6) is 0 Å². The summed E-state index contributed by atoms with van der Waals surface area (Å²) in [6.45, 7) is -1.74. The summed E-state index contributed by atoms with van der Waals surface area (Å²) in [5.74, 6) is 0. The third kappa shape index (κ3) is 4.62. The largest absolute Gasteiger partial charge is 0.408 e. The molecule has 9 heteroatoms. The van der Waals surface area contributed by atoms with E-state index in [1.54, 1.807) is 0 Å². The van der Waals surface area contributed by atoms with E-state index in [0.717, 1.165) is 12.5 Å². The Labute approximate surface area is 89.9 Å². The number of hydrogen-bond donors (Lipinski definition) is 0. The maximum Gasteiger partial charge on any atom is 0.408 e. The van der Waals surface area contributed by atoms with Crippen molar-refractivity contribution in [2.45, 2.75) is 19.3 Å². The van der Waals surface area contributed by atoms with Gasteiger partial charge in [0.25, 0.3) is 10.1 Å². The molecule has 1 heterocycles. The molecule has 0 spiro atoms. The fraction of sp³-hybridized carbons (Fsp3) is 0.571. The summed E-state index contributed by atoms with van der Waals surface area (Å²) < 4.78 is 62.5. The van der Waals surface area contributed by atoms with Crippen molar-refractivity contribution in [1.29, 1.82) is 0 Å². The maximum atomic E-state index is 12.1. The van der Waals surface area contributed by atoms with Gasteiger partial charge in [-0.1, -0.05) is 0 Å². The summed E-state index contributed by atoms with van der Waals surface area (Å²) in [6.07, 6.45) is -2.45. The van der Waals surface area contributed by atoms with Crippen LogP contribution in [-0.4, -0.2) is 30.6 Å². The highest BCUT2D eigenvalue weighted by atomic mass is 32.2. The average molecular weight is 258 g/mol. The molecule has 0 N–H and O–H groups in total. The van der Waals surface area contributed by atoms with Crippen LogP contribution in [0.3, 0.4) is 0 Å². The lowest BCUT2D eigenvalue weighted by Gasteiger charge is -2.09. The van der Waals surface area contributed by atoms with Crippen LogP contribution in [0.4, 0.5) is 13.2 Å². The van der Waals surface area contributed by atoms with Crippen LogP contribution < -0.4 is 0 Å². The lowest BCUT2D eigenvalue weighted by Crippen LogP contribution is -2.21. The quantitative estimate of drug-likeness (QED) is 0.753. The Hall–Kier alpha value is -1.09. The minimum absolute atomic E-state index is 0.0442. The van der Waals surface area contributed by atoms with E-state index in [-0.39, 0.29) is 5.69 Å². The zero-order valence-corrected chi connectivity index (χ0v) is 9.05. The maximum absolute atomic E-state index is 12.1. The Morgan fingerprint density at radius 3 is 2.62 bits per heavy atom. The molecule has 0 aromatic carbocycles. The minimum atomic E-state index is -4.41. The van der Waals surface area contributed by atoms with Gasteiger partial charge in [0.05, 0.1) is 11.9 Å². The van der Waals surface area contributed by atoms with E-state index in [0.29, 0.717) is 4.68 Å². The molecule has 0 amide bonds. The fourth-order valence-electron chi connectivity index (χ4n) is 0.962. The monoisotopic (exact) mass is 258 g/mol. The van der Waals surface area contributed by atoms with Crippen LogP contribution in [-0.2, 0) is 27.5 Å². The molecular weight excluding hydrogens is 249 g/mol. The molecule has 0 bridgehead atoms. The summed E-state index contributed by atoms with van der Waals surface area (Å²) in [6, 6.07) is 1.26. The summed E-state index contributed by atoms with van der Waals surface area (Å²) in [5.41, 5.74) is 0.0442. The summed E-state index contributed by atoms with van der Waals surface area (Å²) >= 11 is 0. The van der Waals surface area contributed by atoms with E-state index in [4.69, 9.17) is 0 Å². The molecule has 1 aromatic heterocycles. The molecule has 0 aliphatic heterocycles. The molecule has 0 radical (unpaired) electrons. The predicted octanol–water partition coefficient (Wildman–Crippen LogP) is 0.922. The Morgan fingerprint density at radius 2 is 2.12 bits per heavy atom. The molecule has 1 aromatic rings. The molecule has 16 heavy (non-hydrogen) atoms. The number of nitrogens with zero attached hydrogens (tertiary/aromatic N) is 2. The molecule has 5 nitrogen and oxygen atoms in total. The Morgan fingerprint density at radius 1 is 1.50 bits per heavy atom. The fourth-order valence-corrected chi connectivity index (χ4v) is 1.30. The molecule has 92 valence electrons. The van der Waals surface area contributed by atoms with Gasteiger partial charge in [-0.15, -0.1) is 0 Å². The number of rotatable bonds is 4. The van der Waals surface area contributed by atoms with Gasteiger partial charge in [-0.05, 0) is 6.07 Å². The summed E-state index contributed by atoms with van der Waals surface area (Å²) in [4.78, 5) is 0. The number of hydrogen-bond acceptors (Lipinski definition) is 4. The molecule has 0 unspecified atom stereocenters. The molecule has 0 saturated heterocycles. The van der Waals surface area contributed by atoms with Gasteiger partial charge in [-0.25, -0.2) is 0 Å². The van der Waals surface area contributed by atoms with E-state index in [9.17, 15) is 21.6 Å². The van der Waals surface area contributed by atoms with Crippen molar-refractivity contribution in [3.63, 3.8) is 0 Å². The van der Waals surface area contributed by atoms with Crippen LogP contribution in [0.15, 0.2) is 12.3 Å². The zero-order chi connectivity index (χ0) is 12.4. The van der Waals surface area contributed by atoms with Gasteiger partial charge >= 0.3 is 6.18 Å². The van der Waals surface area contributed by atoms with Gasteiger partial charge in [-0.2, -0.15) is 26.7 Å². The van der Waals surface area contributed by atoms with Gasteiger partial charge in [0.2, 0.25) is 0 Å². The molecule has 0 aliphatic carbocycles. The third-order valence-electron chi connectivity index (χ3n) is 1.55. The second-order valence-corrected chi connectivity index (χ2v) is 4.71. The van der Waals surface area contributed by atoms with Gasteiger partial charge in [0.15, 0.2) is 0 Å². The smallest absolute Gasteiger partial charge is 0.264 e. The normalized spacial score (nSPS) is 13.0. The Kier molecular flexibility index (Phi) is 3.58. The van der Waals surface area contributed by atoms with E-state index in [1.807, 2.05) is 0 Å². The number of alkyl halides is 3. The van der Waals surface area contributed by atoms with Gasteiger partial charge < -0.3 is 0 Å². The van der Waals surface area contributed by atoms with Crippen molar-refractivity contribution in [2.24, 2.45) is 0 Å². The lowest BCUT2D eigenvalue weighted by atomic mass is 10.4. The minimum Gasteiger partial charge on any atom is -0.264 e. The SMILES string of the molecule is CS(=O)(=O)OCc1ccnn1CC(F)(F)F. The van der Waals surface area contributed by atoms with E-state index in [2.05, 4.69) is 9.28 Å². The number of halogens is 3. The highest BCUT2D eigenvalue weighted by molar-refractivity contribution is 7.85. The highest BCUT2D eigenvalue weighted by Crippen LogP contribution is 2.18. The Balaban J connectivity index is 2.72. The van der Waals surface area contributed by atoms with Crippen LogP contribution >= 0.6 is 0 Å². The molecule has 0 fully saturated rings. The van der Waals surface area contributed by atoms with E-state index >= 15 is 0 Å². The van der Waals surface area contributed by atoms with Crippen LogP contribution in [0, 0.1) is 0 Å². The van der Waals surface area contributed by atoms with Crippen molar-refractivity contribution >= 4 is 10.1 Å². The highest BCUT2D eigenvalue weighted by Gasteiger charge is 2.29. The van der Waals surface area contributed by atoms with Gasteiger partial charge in [0, 0.05) is 6.20 Å². The molecule has 0 atom stereocenters. The molecular formula is C7H9F3N2O3S. The van der Waals surface area contributed by atoms with Gasteiger partial charge in [-0.3, -0.25) is 8.86 Å².